The highest BCUT2D eigenvalue weighted by molar-refractivity contribution is 5.51. The molecule has 0 radical (unpaired) electrons. The van der Waals surface area contributed by atoms with Crippen LogP contribution in [0.4, 0.5) is 0 Å². The van der Waals surface area contributed by atoms with Crippen molar-refractivity contribution in [1.82, 2.24) is 5.32 Å². The van der Waals surface area contributed by atoms with Crippen molar-refractivity contribution >= 4 is 0 Å². The van der Waals surface area contributed by atoms with E-state index in [4.69, 9.17) is 14.2 Å². The maximum absolute atomic E-state index is 9.82. The van der Waals surface area contributed by atoms with Gasteiger partial charge in [0.1, 0.15) is 5.75 Å². The third-order valence-corrected chi connectivity index (χ3v) is 2.90. The van der Waals surface area contributed by atoms with Gasteiger partial charge in [-0.15, -0.1) is 0 Å². The van der Waals surface area contributed by atoms with E-state index in [0.717, 1.165) is 5.56 Å². The van der Waals surface area contributed by atoms with Crippen molar-refractivity contribution in [2.75, 3.05) is 27.1 Å². The summed E-state index contributed by atoms with van der Waals surface area (Å²) in [5, 5.41) is 22.5. The summed E-state index contributed by atoms with van der Waals surface area (Å²) in [4.78, 5) is 0. The third-order valence-electron chi connectivity index (χ3n) is 2.90. The van der Waals surface area contributed by atoms with Crippen molar-refractivity contribution in [3.63, 3.8) is 0 Å². The summed E-state index contributed by atoms with van der Waals surface area (Å²) in [6.45, 7) is 1.66. The molecule has 106 valence electrons. The first-order valence-corrected chi connectivity index (χ1v) is 6.20. The van der Waals surface area contributed by atoms with Gasteiger partial charge in [0.05, 0.1) is 12.7 Å². The molecule has 6 nitrogen and oxygen atoms in total. The van der Waals surface area contributed by atoms with E-state index in [0.29, 0.717) is 37.6 Å². The standard InChI is InChI=1S/C13H19NO5/c1-17-7-10(15)2-3-14-6-9-4-12-13(5-11(9)16)19-8-18-12/h4-5,10,14-16H,2-3,6-8H2,1H3. The van der Waals surface area contributed by atoms with E-state index >= 15 is 0 Å². The van der Waals surface area contributed by atoms with Gasteiger partial charge in [-0.1, -0.05) is 0 Å². The molecular formula is C13H19NO5. The molecule has 1 atom stereocenters. The zero-order valence-electron chi connectivity index (χ0n) is 10.9. The molecule has 1 unspecified atom stereocenters. The molecule has 0 amide bonds. The van der Waals surface area contributed by atoms with Crippen LogP contribution in [0.2, 0.25) is 0 Å². The lowest BCUT2D eigenvalue weighted by Crippen LogP contribution is -2.23. The summed E-state index contributed by atoms with van der Waals surface area (Å²) >= 11 is 0. The molecule has 6 heteroatoms. The van der Waals surface area contributed by atoms with E-state index in [2.05, 4.69) is 5.32 Å². The molecule has 1 heterocycles. The molecule has 0 fully saturated rings. The molecule has 2 rings (SSSR count). The minimum atomic E-state index is -0.470. The maximum Gasteiger partial charge on any atom is 0.231 e. The Morgan fingerprint density at radius 2 is 2.11 bits per heavy atom. The Bertz CT molecular complexity index is 424. The Kier molecular flexibility index (Phi) is 4.84. The van der Waals surface area contributed by atoms with Gasteiger partial charge < -0.3 is 29.7 Å². The minimum absolute atomic E-state index is 0.175. The van der Waals surface area contributed by atoms with Gasteiger partial charge in [0, 0.05) is 25.3 Å². The topological polar surface area (TPSA) is 80.2 Å². The van der Waals surface area contributed by atoms with Gasteiger partial charge in [0.15, 0.2) is 11.5 Å². The van der Waals surface area contributed by atoms with E-state index < -0.39 is 6.10 Å². The number of aliphatic hydroxyl groups is 1. The van der Waals surface area contributed by atoms with Gasteiger partial charge in [-0.2, -0.15) is 0 Å². The number of aliphatic hydroxyl groups excluding tert-OH is 1. The first-order chi connectivity index (χ1) is 9.20. The summed E-state index contributed by atoms with van der Waals surface area (Å²) in [6, 6.07) is 3.31. The molecule has 0 aliphatic carbocycles. The number of hydrogen-bond acceptors (Lipinski definition) is 6. The molecule has 0 saturated heterocycles. The predicted molar refractivity (Wildman–Crippen MR) is 68.4 cm³/mol. The second kappa shape index (κ2) is 6.60. The predicted octanol–water partition coefficient (Wildman–Crippen LogP) is 0.608. The second-order valence-corrected chi connectivity index (χ2v) is 4.41. The highest BCUT2D eigenvalue weighted by atomic mass is 16.7. The molecule has 0 aromatic heterocycles. The van der Waals surface area contributed by atoms with Crippen molar-refractivity contribution in [3.8, 4) is 17.2 Å². The molecular weight excluding hydrogens is 250 g/mol. The quantitative estimate of drug-likeness (QED) is 0.629. The van der Waals surface area contributed by atoms with Gasteiger partial charge in [-0.05, 0) is 19.0 Å². The molecule has 0 saturated carbocycles. The monoisotopic (exact) mass is 269 g/mol. The van der Waals surface area contributed by atoms with Crippen LogP contribution in [0.3, 0.4) is 0 Å². The summed E-state index contributed by atoms with van der Waals surface area (Å²) in [5.41, 5.74) is 0.741. The van der Waals surface area contributed by atoms with Gasteiger partial charge in [-0.25, -0.2) is 0 Å². The van der Waals surface area contributed by atoms with Crippen LogP contribution in [0.25, 0.3) is 0 Å². The molecule has 1 aromatic carbocycles. The third kappa shape index (κ3) is 3.73. The van der Waals surface area contributed by atoms with E-state index in [9.17, 15) is 10.2 Å². The summed E-state index contributed by atoms with van der Waals surface area (Å²) in [6.07, 6.45) is 0.127. The summed E-state index contributed by atoms with van der Waals surface area (Å²) in [7, 11) is 1.56. The van der Waals surface area contributed by atoms with Crippen molar-refractivity contribution in [2.45, 2.75) is 19.1 Å². The van der Waals surface area contributed by atoms with E-state index in [1.807, 2.05) is 0 Å². The Morgan fingerprint density at radius 1 is 1.37 bits per heavy atom. The lowest BCUT2D eigenvalue weighted by Gasteiger charge is -2.11. The Labute approximate surface area is 111 Å². The molecule has 1 aromatic rings. The van der Waals surface area contributed by atoms with Gasteiger partial charge in [0.25, 0.3) is 0 Å². The van der Waals surface area contributed by atoms with Crippen molar-refractivity contribution in [1.29, 1.82) is 0 Å². The van der Waals surface area contributed by atoms with Crippen LogP contribution in [0.5, 0.6) is 17.2 Å². The Balaban J connectivity index is 1.80. The number of phenolic OH excluding ortho intramolecular Hbond substituents is 1. The van der Waals surface area contributed by atoms with Crippen molar-refractivity contribution in [2.24, 2.45) is 0 Å². The molecule has 1 aliphatic heterocycles. The first-order valence-electron chi connectivity index (χ1n) is 6.20. The van der Waals surface area contributed by atoms with Crippen LogP contribution in [0.15, 0.2) is 12.1 Å². The lowest BCUT2D eigenvalue weighted by molar-refractivity contribution is 0.0594. The van der Waals surface area contributed by atoms with Crippen LogP contribution in [0, 0.1) is 0 Å². The van der Waals surface area contributed by atoms with Gasteiger partial charge in [-0.3, -0.25) is 0 Å². The fraction of sp³-hybridized carbons (Fsp3) is 0.538. The molecule has 19 heavy (non-hydrogen) atoms. The van der Waals surface area contributed by atoms with Gasteiger partial charge in [0.2, 0.25) is 6.79 Å². The van der Waals surface area contributed by atoms with Crippen LogP contribution in [-0.2, 0) is 11.3 Å². The van der Waals surface area contributed by atoms with Crippen LogP contribution < -0.4 is 14.8 Å². The normalized spacial score (nSPS) is 14.6. The van der Waals surface area contributed by atoms with Gasteiger partial charge >= 0.3 is 0 Å². The van der Waals surface area contributed by atoms with E-state index in [-0.39, 0.29) is 12.5 Å². The number of aromatic hydroxyl groups is 1. The fourth-order valence-electron chi connectivity index (χ4n) is 1.88. The largest absolute Gasteiger partial charge is 0.507 e. The van der Waals surface area contributed by atoms with Crippen molar-refractivity contribution < 1.29 is 24.4 Å². The van der Waals surface area contributed by atoms with Crippen LogP contribution in [-0.4, -0.2) is 43.4 Å². The molecule has 3 N–H and O–H groups in total. The zero-order valence-corrected chi connectivity index (χ0v) is 10.9. The number of rotatable bonds is 7. The maximum atomic E-state index is 9.82. The molecule has 1 aliphatic rings. The summed E-state index contributed by atoms with van der Waals surface area (Å²) in [5.74, 6) is 1.39. The van der Waals surface area contributed by atoms with E-state index in [1.54, 1.807) is 19.2 Å². The zero-order chi connectivity index (χ0) is 13.7. The van der Waals surface area contributed by atoms with E-state index in [1.165, 1.54) is 0 Å². The highest BCUT2D eigenvalue weighted by Gasteiger charge is 2.16. The Hall–Kier alpha value is -1.50. The lowest BCUT2D eigenvalue weighted by atomic mass is 10.1. The smallest absolute Gasteiger partial charge is 0.231 e. The van der Waals surface area contributed by atoms with Crippen LogP contribution in [0.1, 0.15) is 12.0 Å². The Morgan fingerprint density at radius 3 is 2.84 bits per heavy atom. The number of phenols is 1. The van der Waals surface area contributed by atoms with Crippen LogP contribution >= 0.6 is 0 Å². The number of fused-ring (bicyclic) bond motifs is 1. The highest BCUT2D eigenvalue weighted by Crippen LogP contribution is 2.37. The number of methoxy groups -OCH3 is 1. The first kappa shape index (κ1) is 13.9. The molecule has 0 bridgehead atoms. The average Bonchev–Trinajstić information content (AvgIpc) is 2.82. The average molecular weight is 269 g/mol. The summed E-state index contributed by atoms with van der Waals surface area (Å²) < 4.78 is 15.3. The number of nitrogens with one attached hydrogen (secondary N) is 1. The number of hydrogen-bond donors (Lipinski definition) is 3. The van der Waals surface area contributed by atoms with Crippen molar-refractivity contribution in [3.05, 3.63) is 17.7 Å². The fourth-order valence-corrected chi connectivity index (χ4v) is 1.88. The number of benzene rings is 1. The molecule has 0 spiro atoms. The SMILES string of the molecule is COCC(O)CCNCc1cc2c(cc1O)OCO2. The second-order valence-electron chi connectivity index (χ2n) is 4.41. The minimum Gasteiger partial charge on any atom is -0.507 e. The number of ether oxygens (including phenoxy) is 3.